The van der Waals surface area contributed by atoms with Gasteiger partial charge in [-0.05, 0) is 37.1 Å². The van der Waals surface area contributed by atoms with Gasteiger partial charge in [0.25, 0.3) is 5.91 Å². The Morgan fingerprint density at radius 1 is 1.07 bits per heavy atom. The van der Waals surface area contributed by atoms with Gasteiger partial charge in [0, 0.05) is 49.4 Å². The Kier molecular flexibility index (Phi) is 5.28. The largest absolute Gasteiger partial charge is 0.351 e. The third-order valence-electron chi connectivity index (χ3n) is 5.00. The lowest BCUT2D eigenvalue weighted by Crippen LogP contribution is -2.32. The van der Waals surface area contributed by atoms with Crippen molar-refractivity contribution in [3.63, 3.8) is 0 Å². The van der Waals surface area contributed by atoms with Gasteiger partial charge in [-0.15, -0.1) is 0 Å². The second-order valence-corrected chi connectivity index (χ2v) is 6.91. The van der Waals surface area contributed by atoms with E-state index in [1.807, 2.05) is 41.3 Å². The minimum Gasteiger partial charge on any atom is -0.351 e. The second kappa shape index (κ2) is 8.17. The van der Waals surface area contributed by atoms with E-state index < -0.39 is 0 Å². The number of carbonyl (C=O) groups is 2. The summed E-state index contributed by atoms with van der Waals surface area (Å²) >= 11 is 0. The van der Waals surface area contributed by atoms with Crippen molar-refractivity contribution in [3.05, 3.63) is 60.4 Å². The fourth-order valence-corrected chi connectivity index (χ4v) is 3.53. The number of hydrogen-bond donors (Lipinski definition) is 1. The molecule has 2 aromatic heterocycles. The number of aromatic nitrogens is 2. The highest BCUT2D eigenvalue weighted by Gasteiger charge is 2.18. The SMILES string of the molecule is O=C(NCCC(=O)N1CCCC1)c1cc(-c2cccnc2)nc2ccccc12. The number of carbonyl (C=O) groups excluding carboxylic acids is 2. The van der Waals surface area contributed by atoms with Crippen LogP contribution in [0, 0.1) is 0 Å². The van der Waals surface area contributed by atoms with E-state index in [9.17, 15) is 9.59 Å². The minimum absolute atomic E-state index is 0.105. The Hall–Kier alpha value is -3.28. The Bertz CT molecular complexity index is 998. The summed E-state index contributed by atoms with van der Waals surface area (Å²) in [5, 5.41) is 3.68. The number of para-hydroxylation sites is 1. The first-order valence-corrected chi connectivity index (χ1v) is 9.58. The maximum Gasteiger partial charge on any atom is 0.252 e. The second-order valence-electron chi connectivity index (χ2n) is 6.91. The molecule has 1 N–H and O–H groups in total. The number of hydrogen-bond acceptors (Lipinski definition) is 4. The summed E-state index contributed by atoms with van der Waals surface area (Å²) < 4.78 is 0. The van der Waals surface area contributed by atoms with Crippen LogP contribution in [0.4, 0.5) is 0 Å². The van der Waals surface area contributed by atoms with Crippen LogP contribution in [0.5, 0.6) is 0 Å². The van der Waals surface area contributed by atoms with Gasteiger partial charge in [-0.1, -0.05) is 18.2 Å². The molecule has 1 aromatic carbocycles. The third-order valence-corrected chi connectivity index (χ3v) is 5.00. The highest BCUT2D eigenvalue weighted by Crippen LogP contribution is 2.24. The van der Waals surface area contributed by atoms with Crippen LogP contribution >= 0.6 is 0 Å². The van der Waals surface area contributed by atoms with E-state index in [4.69, 9.17) is 0 Å². The molecule has 1 fully saturated rings. The molecule has 0 atom stereocenters. The molecule has 1 aliphatic heterocycles. The number of rotatable bonds is 5. The van der Waals surface area contributed by atoms with Crippen LogP contribution in [-0.4, -0.2) is 46.3 Å². The van der Waals surface area contributed by atoms with E-state index in [2.05, 4.69) is 15.3 Å². The van der Waals surface area contributed by atoms with Gasteiger partial charge in [0.2, 0.25) is 5.91 Å². The maximum atomic E-state index is 12.9. The van der Waals surface area contributed by atoms with Crippen LogP contribution in [0.2, 0.25) is 0 Å². The third kappa shape index (κ3) is 3.86. The fourth-order valence-electron chi connectivity index (χ4n) is 3.53. The Morgan fingerprint density at radius 2 is 1.89 bits per heavy atom. The van der Waals surface area contributed by atoms with Crippen LogP contribution in [0.15, 0.2) is 54.9 Å². The molecule has 4 rings (SSSR count). The first-order valence-electron chi connectivity index (χ1n) is 9.58. The van der Waals surface area contributed by atoms with E-state index >= 15 is 0 Å². The van der Waals surface area contributed by atoms with Gasteiger partial charge in [0.05, 0.1) is 16.8 Å². The highest BCUT2D eigenvalue weighted by atomic mass is 16.2. The average molecular weight is 374 g/mol. The van der Waals surface area contributed by atoms with Gasteiger partial charge in [-0.25, -0.2) is 4.98 Å². The zero-order chi connectivity index (χ0) is 19.3. The topological polar surface area (TPSA) is 75.2 Å². The molecule has 3 heterocycles. The summed E-state index contributed by atoms with van der Waals surface area (Å²) in [6, 6.07) is 13.1. The number of pyridine rings is 2. The van der Waals surface area contributed by atoms with Crippen LogP contribution in [-0.2, 0) is 4.79 Å². The van der Waals surface area contributed by atoms with Gasteiger partial charge >= 0.3 is 0 Å². The molecule has 6 nitrogen and oxygen atoms in total. The standard InChI is InChI=1S/C22H22N4O2/c27-21(26-12-3-4-13-26)9-11-24-22(28)18-14-20(16-6-5-10-23-15-16)25-19-8-2-1-7-17(18)19/h1-2,5-8,10,14-15H,3-4,9,11-13H2,(H,24,28). The van der Waals surface area contributed by atoms with Crippen molar-refractivity contribution < 1.29 is 9.59 Å². The first-order chi connectivity index (χ1) is 13.7. The van der Waals surface area contributed by atoms with Gasteiger partial charge in [-0.2, -0.15) is 0 Å². The summed E-state index contributed by atoms with van der Waals surface area (Å²) in [7, 11) is 0. The Labute approximate surface area is 163 Å². The molecule has 0 bridgehead atoms. The van der Waals surface area contributed by atoms with Crippen molar-refractivity contribution in [2.24, 2.45) is 0 Å². The van der Waals surface area contributed by atoms with Gasteiger partial charge in [0.15, 0.2) is 0 Å². The number of likely N-dealkylation sites (tertiary alicyclic amines) is 1. The van der Waals surface area contributed by atoms with E-state index in [0.29, 0.717) is 24.2 Å². The minimum atomic E-state index is -0.196. The van der Waals surface area contributed by atoms with Crippen molar-refractivity contribution in [1.82, 2.24) is 20.2 Å². The van der Waals surface area contributed by atoms with Crippen LogP contribution in [0.25, 0.3) is 22.2 Å². The van der Waals surface area contributed by atoms with Crippen molar-refractivity contribution >= 4 is 22.7 Å². The number of amides is 2. The van der Waals surface area contributed by atoms with E-state index in [0.717, 1.165) is 42.4 Å². The van der Waals surface area contributed by atoms with E-state index in [1.165, 1.54) is 0 Å². The summed E-state index contributed by atoms with van der Waals surface area (Å²) in [5.41, 5.74) is 2.86. The van der Waals surface area contributed by atoms with Gasteiger partial charge in [0.1, 0.15) is 0 Å². The smallest absolute Gasteiger partial charge is 0.252 e. The molecule has 0 aliphatic carbocycles. The number of nitrogens with one attached hydrogen (secondary N) is 1. The maximum absolute atomic E-state index is 12.9. The van der Waals surface area contributed by atoms with Crippen LogP contribution < -0.4 is 5.32 Å². The molecular weight excluding hydrogens is 352 g/mol. The predicted molar refractivity (Wildman–Crippen MR) is 108 cm³/mol. The quantitative estimate of drug-likeness (QED) is 0.745. The highest BCUT2D eigenvalue weighted by molar-refractivity contribution is 6.07. The summed E-state index contributed by atoms with van der Waals surface area (Å²) in [4.78, 5) is 35.7. The lowest BCUT2D eigenvalue weighted by atomic mass is 10.0. The van der Waals surface area contributed by atoms with Crippen molar-refractivity contribution in [3.8, 4) is 11.3 Å². The van der Waals surface area contributed by atoms with Crippen LogP contribution in [0.1, 0.15) is 29.6 Å². The molecule has 0 spiro atoms. The normalized spacial score (nSPS) is 13.6. The Balaban J connectivity index is 1.54. The first kappa shape index (κ1) is 18.1. The van der Waals surface area contributed by atoms with Crippen LogP contribution in [0.3, 0.4) is 0 Å². The summed E-state index contributed by atoms with van der Waals surface area (Å²) in [5.74, 6) is -0.0913. The molecule has 28 heavy (non-hydrogen) atoms. The van der Waals surface area contributed by atoms with Crippen molar-refractivity contribution in [2.45, 2.75) is 19.3 Å². The Morgan fingerprint density at radius 3 is 2.68 bits per heavy atom. The summed E-state index contributed by atoms with van der Waals surface area (Å²) in [6.45, 7) is 1.99. The predicted octanol–water partition coefficient (Wildman–Crippen LogP) is 3.04. The molecule has 0 radical (unpaired) electrons. The molecular formula is C22H22N4O2. The van der Waals surface area contributed by atoms with Gasteiger partial charge < -0.3 is 10.2 Å². The molecule has 1 saturated heterocycles. The zero-order valence-corrected chi connectivity index (χ0v) is 15.6. The lowest BCUT2D eigenvalue weighted by molar-refractivity contribution is -0.129. The summed E-state index contributed by atoms with van der Waals surface area (Å²) in [6.07, 6.45) is 5.89. The lowest BCUT2D eigenvalue weighted by Gasteiger charge is -2.15. The average Bonchev–Trinajstić information content (AvgIpc) is 3.28. The van der Waals surface area contributed by atoms with E-state index in [1.54, 1.807) is 18.5 Å². The van der Waals surface area contributed by atoms with Crippen molar-refractivity contribution in [2.75, 3.05) is 19.6 Å². The van der Waals surface area contributed by atoms with Gasteiger partial charge in [-0.3, -0.25) is 14.6 Å². The molecule has 6 heteroatoms. The monoisotopic (exact) mass is 374 g/mol. The molecule has 0 unspecified atom stereocenters. The van der Waals surface area contributed by atoms with Crippen molar-refractivity contribution in [1.29, 1.82) is 0 Å². The number of fused-ring (bicyclic) bond motifs is 1. The van der Waals surface area contributed by atoms with E-state index in [-0.39, 0.29) is 11.8 Å². The fraction of sp³-hybridized carbons (Fsp3) is 0.273. The number of benzene rings is 1. The molecule has 0 saturated carbocycles. The molecule has 142 valence electrons. The molecule has 2 amide bonds. The molecule has 3 aromatic rings. The zero-order valence-electron chi connectivity index (χ0n) is 15.6. The molecule has 1 aliphatic rings. The number of nitrogens with zero attached hydrogens (tertiary/aromatic N) is 3.